The van der Waals surface area contributed by atoms with Crippen molar-refractivity contribution in [3.05, 3.63) is 95.3 Å². The maximum Gasteiger partial charge on any atom is 0.410 e. The average Bonchev–Trinajstić information content (AvgIpc) is 3.74. The summed E-state index contributed by atoms with van der Waals surface area (Å²) in [7, 11) is 7.37. The molecule has 0 unspecified atom stereocenters. The lowest BCUT2D eigenvalue weighted by Crippen LogP contribution is -2.55. The van der Waals surface area contributed by atoms with E-state index in [-0.39, 0.29) is 24.3 Å². The summed E-state index contributed by atoms with van der Waals surface area (Å²) in [5, 5.41) is 14.3. The van der Waals surface area contributed by atoms with E-state index in [1.165, 1.54) is 4.90 Å². The number of likely N-dealkylation sites (tertiary alicyclic amines) is 1. The first-order chi connectivity index (χ1) is 23.0. The summed E-state index contributed by atoms with van der Waals surface area (Å²) in [6.07, 6.45) is 1.31. The highest BCUT2D eigenvalue weighted by molar-refractivity contribution is 6.11. The number of amides is 3. The Morgan fingerprint density at radius 2 is 1.65 bits per heavy atom. The molecule has 5 rings (SSSR count). The summed E-state index contributed by atoms with van der Waals surface area (Å²) in [4.78, 5) is 49.8. The summed E-state index contributed by atoms with van der Waals surface area (Å²) in [5.41, 5.74) is 2.86. The highest BCUT2D eigenvalue weighted by Gasteiger charge is 2.45. The first-order valence-corrected chi connectivity index (χ1v) is 16.1. The van der Waals surface area contributed by atoms with Crippen molar-refractivity contribution in [1.82, 2.24) is 29.6 Å². The predicted octanol–water partition coefficient (Wildman–Crippen LogP) is 4.41. The van der Waals surface area contributed by atoms with E-state index in [0.717, 1.165) is 29.9 Å². The van der Waals surface area contributed by atoms with Gasteiger partial charge in [0.25, 0.3) is 11.8 Å². The maximum atomic E-state index is 14.0. The van der Waals surface area contributed by atoms with Crippen molar-refractivity contribution in [2.45, 2.75) is 31.8 Å². The van der Waals surface area contributed by atoms with Crippen LogP contribution < -0.4 is 10.6 Å². The Hall–Kier alpha value is -5.23. The van der Waals surface area contributed by atoms with Crippen LogP contribution in [0.25, 0.3) is 11.0 Å². The monoisotopic (exact) mass is 652 g/mol. The maximum absolute atomic E-state index is 14.0. The summed E-state index contributed by atoms with van der Waals surface area (Å²) in [6, 6.07) is 21.8. The minimum atomic E-state index is -1.29. The number of hydrogen-bond acceptors (Lipinski definition) is 8. The first-order valence-electron chi connectivity index (χ1n) is 16.1. The topological polar surface area (TPSA) is 136 Å². The van der Waals surface area contributed by atoms with E-state index in [2.05, 4.69) is 10.6 Å². The molecule has 12 nitrogen and oxygen atoms in total. The van der Waals surface area contributed by atoms with E-state index in [1.54, 1.807) is 50.4 Å². The van der Waals surface area contributed by atoms with E-state index in [4.69, 9.17) is 15.1 Å². The molecule has 1 aliphatic rings. The number of nitrogens with zero attached hydrogens (tertiary/aromatic N) is 5. The number of carbonyl (C=O) groups excluding carboxylic acids is 3. The number of aromatic nitrogens is 2. The van der Waals surface area contributed by atoms with Crippen molar-refractivity contribution in [3.63, 3.8) is 0 Å². The van der Waals surface area contributed by atoms with Gasteiger partial charge in [0, 0.05) is 50.5 Å². The number of anilines is 1. The lowest BCUT2D eigenvalue weighted by atomic mass is 9.88. The van der Waals surface area contributed by atoms with Gasteiger partial charge < -0.3 is 29.7 Å². The standard InChI is InChI=1S/C36H44N8O4/c1-36(34(46)44-19-9-10-20-44,43(5)35(47)48-22-21-41(2)3)27-15-18-30-29(23-27)39-31(42(30)4)24-38-28-16-13-25(14-17-28)32(37)40-33(45)26-11-7-6-8-12-26/h6-8,11-18,23,38H,9-10,19-22,24H2,1-5H3,(H2,37,40,45)/t36-/m1/s1. The molecule has 0 saturated carbocycles. The van der Waals surface area contributed by atoms with Crippen LogP contribution in [-0.2, 0) is 28.7 Å². The molecule has 2 heterocycles. The molecule has 0 radical (unpaired) electrons. The van der Waals surface area contributed by atoms with Gasteiger partial charge in [-0.3, -0.25) is 19.9 Å². The van der Waals surface area contributed by atoms with Gasteiger partial charge in [0.05, 0.1) is 17.6 Å². The van der Waals surface area contributed by atoms with Crippen LogP contribution in [0, 0.1) is 5.41 Å². The van der Waals surface area contributed by atoms with Gasteiger partial charge in [-0.05, 0) is 88.0 Å². The minimum absolute atomic E-state index is 0.0178. The third-order valence-electron chi connectivity index (χ3n) is 8.95. The van der Waals surface area contributed by atoms with E-state index in [1.807, 2.05) is 71.9 Å². The molecule has 4 aromatic rings. The molecule has 0 aliphatic carbocycles. The van der Waals surface area contributed by atoms with Crippen molar-refractivity contribution in [1.29, 1.82) is 5.41 Å². The molecule has 0 spiro atoms. The SMILES string of the molecule is CN(C)CCOC(=O)N(C)[C@@](C)(C(=O)N1CCCC1)c1ccc2c(c1)nc(CNc1ccc(C(=N)NC(=O)c3ccccc3)cc1)n2C. The van der Waals surface area contributed by atoms with Crippen LogP contribution in [-0.4, -0.2) is 95.4 Å². The number of carbonyl (C=O) groups is 3. The van der Waals surface area contributed by atoms with Crippen LogP contribution in [0.2, 0.25) is 0 Å². The minimum Gasteiger partial charge on any atom is -0.448 e. The van der Waals surface area contributed by atoms with Crippen LogP contribution in [0.3, 0.4) is 0 Å². The molecule has 3 aromatic carbocycles. The molecule has 1 aliphatic heterocycles. The fourth-order valence-electron chi connectivity index (χ4n) is 5.78. The zero-order chi connectivity index (χ0) is 34.4. The third kappa shape index (κ3) is 7.33. The van der Waals surface area contributed by atoms with Gasteiger partial charge in [0.2, 0.25) is 0 Å². The molecular weight excluding hydrogens is 608 g/mol. The van der Waals surface area contributed by atoms with Gasteiger partial charge in [-0.2, -0.15) is 0 Å². The number of rotatable bonds is 11. The van der Waals surface area contributed by atoms with Crippen molar-refractivity contribution < 1.29 is 19.1 Å². The largest absolute Gasteiger partial charge is 0.448 e. The highest BCUT2D eigenvalue weighted by atomic mass is 16.6. The van der Waals surface area contributed by atoms with Gasteiger partial charge >= 0.3 is 6.09 Å². The van der Waals surface area contributed by atoms with E-state index in [9.17, 15) is 14.4 Å². The second-order valence-electron chi connectivity index (χ2n) is 12.5. The lowest BCUT2D eigenvalue weighted by molar-refractivity contribution is -0.141. The van der Waals surface area contributed by atoms with Gasteiger partial charge in [-0.25, -0.2) is 9.78 Å². The van der Waals surface area contributed by atoms with Crippen molar-refractivity contribution in [3.8, 4) is 0 Å². The van der Waals surface area contributed by atoms with E-state index >= 15 is 0 Å². The van der Waals surface area contributed by atoms with Crippen molar-refractivity contribution >= 4 is 40.5 Å². The summed E-state index contributed by atoms with van der Waals surface area (Å²) >= 11 is 0. The number of aryl methyl sites for hydroxylation is 1. The summed E-state index contributed by atoms with van der Waals surface area (Å²) in [6.45, 7) is 4.31. The van der Waals surface area contributed by atoms with Crippen LogP contribution in [0.15, 0.2) is 72.8 Å². The number of likely N-dealkylation sites (N-methyl/N-ethyl adjacent to an activating group) is 2. The quantitative estimate of drug-likeness (QED) is 0.161. The molecule has 1 aromatic heterocycles. The van der Waals surface area contributed by atoms with Crippen LogP contribution in [0.1, 0.15) is 47.1 Å². The molecule has 1 saturated heterocycles. The Morgan fingerprint density at radius 1 is 0.958 bits per heavy atom. The second-order valence-corrected chi connectivity index (χ2v) is 12.5. The smallest absolute Gasteiger partial charge is 0.410 e. The van der Waals surface area contributed by atoms with E-state index in [0.29, 0.717) is 48.4 Å². The zero-order valence-electron chi connectivity index (χ0n) is 28.2. The Balaban J connectivity index is 1.31. The van der Waals surface area contributed by atoms with Crippen molar-refractivity contribution in [2.24, 2.45) is 7.05 Å². The molecule has 1 fully saturated rings. The third-order valence-corrected chi connectivity index (χ3v) is 8.95. The molecule has 252 valence electrons. The molecule has 1 atom stereocenters. The fraction of sp³-hybridized carbons (Fsp3) is 0.361. The average molecular weight is 653 g/mol. The summed E-state index contributed by atoms with van der Waals surface area (Å²) < 4.78 is 7.55. The van der Waals surface area contributed by atoms with E-state index < -0.39 is 11.6 Å². The van der Waals surface area contributed by atoms with Gasteiger partial charge in [-0.15, -0.1) is 0 Å². The number of hydrogen-bond donors (Lipinski definition) is 3. The number of imidazole rings is 1. The second kappa shape index (κ2) is 14.7. The molecule has 12 heteroatoms. The van der Waals surface area contributed by atoms with Crippen molar-refractivity contribution in [2.75, 3.05) is 52.7 Å². The predicted molar refractivity (Wildman–Crippen MR) is 186 cm³/mol. The van der Waals surface area contributed by atoms with Crippen LogP contribution in [0.4, 0.5) is 10.5 Å². The molecule has 48 heavy (non-hydrogen) atoms. The van der Waals surface area contributed by atoms with Gasteiger partial charge in [0.15, 0.2) is 0 Å². The number of benzene rings is 3. The zero-order valence-corrected chi connectivity index (χ0v) is 28.2. The Morgan fingerprint density at radius 3 is 2.31 bits per heavy atom. The molecule has 3 N–H and O–H groups in total. The normalized spacial score (nSPS) is 14.1. The Kier molecular flexibility index (Phi) is 10.4. The van der Waals surface area contributed by atoms with Crippen LogP contribution in [0.5, 0.6) is 0 Å². The van der Waals surface area contributed by atoms with Crippen LogP contribution >= 0.6 is 0 Å². The molecular formula is C36H44N8O4. The number of nitrogens with one attached hydrogen (secondary N) is 3. The first kappa shape index (κ1) is 34.1. The Bertz CT molecular complexity index is 1780. The van der Waals surface area contributed by atoms with Gasteiger partial charge in [0.1, 0.15) is 23.8 Å². The molecule has 3 amide bonds. The number of ether oxygens (including phenoxy) is 1. The number of fused-ring (bicyclic) bond motifs is 1. The highest BCUT2D eigenvalue weighted by Crippen LogP contribution is 2.34. The fourth-order valence-corrected chi connectivity index (χ4v) is 5.78. The molecule has 0 bridgehead atoms. The number of amidine groups is 1. The summed E-state index contributed by atoms with van der Waals surface area (Å²) in [5.74, 6) is 0.322. The van der Waals surface area contributed by atoms with Gasteiger partial charge in [-0.1, -0.05) is 24.3 Å². The lowest BCUT2D eigenvalue weighted by Gasteiger charge is -2.39. The Labute approximate surface area is 281 Å².